The average molecular weight is 593 g/mol. The van der Waals surface area contributed by atoms with Gasteiger partial charge in [0, 0.05) is 23.9 Å². The van der Waals surface area contributed by atoms with Crippen molar-refractivity contribution < 1.29 is 14.3 Å². The molecule has 10 aliphatic rings. The first kappa shape index (κ1) is 28.4. The van der Waals surface area contributed by atoms with E-state index in [-0.39, 0.29) is 17.4 Å². The van der Waals surface area contributed by atoms with Gasteiger partial charge in [-0.15, -0.1) is 0 Å². The van der Waals surface area contributed by atoms with Gasteiger partial charge in [-0.25, -0.2) is 4.79 Å². The van der Waals surface area contributed by atoms with Crippen molar-refractivity contribution >= 4 is 6.03 Å². The summed E-state index contributed by atoms with van der Waals surface area (Å²) in [4.78, 5) is 13.4. The Bertz CT molecular complexity index is 1090. The van der Waals surface area contributed by atoms with Crippen molar-refractivity contribution in [2.24, 2.45) is 70.0 Å². The van der Waals surface area contributed by atoms with E-state index in [1.807, 2.05) is 0 Å². The van der Waals surface area contributed by atoms with Crippen molar-refractivity contribution in [2.75, 3.05) is 6.61 Å². The minimum absolute atomic E-state index is 0.108. The van der Waals surface area contributed by atoms with Crippen LogP contribution in [-0.4, -0.2) is 36.1 Å². The lowest BCUT2D eigenvalue weighted by Gasteiger charge is -2.61. The molecule has 2 saturated heterocycles. The average Bonchev–Trinajstić information content (AvgIpc) is 3.39. The first-order valence-corrected chi connectivity index (χ1v) is 19.0. The summed E-state index contributed by atoms with van der Waals surface area (Å²) in [7, 11) is 0. The SMILES string of the molecule is C[C@H]1CC[C@@]2(OC1)O[C@H]1C[C@H]3[C@@H]4CC[C@@H]5C[C@H](NC(=O)NC67CC8CC(CC(C8)C6)C7)CC[C@]5(C)[C@H]4CC[C@]3(C)[C@H]1[C@@H]2C. The zero-order valence-electron chi connectivity index (χ0n) is 27.7. The van der Waals surface area contributed by atoms with Crippen LogP contribution >= 0.6 is 0 Å². The third-order valence-corrected chi connectivity index (χ3v) is 16.7. The monoisotopic (exact) mass is 592 g/mol. The lowest BCUT2D eigenvalue weighted by atomic mass is 9.44. The predicted octanol–water partition coefficient (Wildman–Crippen LogP) is 8.07. The Morgan fingerprint density at radius 1 is 0.767 bits per heavy atom. The number of nitrogens with one attached hydrogen (secondary N) is 2. The standard InChI is InChI=1S/C38H60N2O3/c1-22-7-12-38(42-21-22)23(2)33-32(43-38)17-31-29-6-5-27-16-28(8-10-35(27,3)30(29)9-11-36(31,33)4)39-34(41)40-37-18-24-13-25(19-37)15-26(14-24)20-37/h22-33H,5-21H2,1-4H3,(H2,39,40,41)/t22-,23-,24?,25?,26?,27+,28+,29+,30-,31-,32-,33-,35-,36-,37?,38+/m0/s1. The van der Waals surface area contributed by atoms with Crippen molar-refractivity contribution in [3.8, 4) is 0 Å². The van der Waals surface area contributed by atoms with Gasteiger partial charge >= 0.3 is 6.03 Å². The number of rotatable bonds is 2. The molecule has 0 aromatic heterocycles. The van der Waals surface area contributed by atoms with E-state index in [2.05, 4.69) is 38.3 Å². The fourth-order valence-electron chi connectivity index (χ4n) is 15.1. The molecule has 10 rings (SSSR count). The molecular formula is C38H60N2O3. The van der Waals surface area contributed by atoms with E-state index in [1.165, 1.54) is 89.9 Å². The van der Waals surface area contributed by atoms with Gasteiger partial charge in [0.05, 0.1) is 12.7 Å². The Morgan fingerprint density at radius 2 is 1.49 bits per heavy atom. The van der Waals surface area contributed by atoms with Crippen LogP contribution in [-0.2, 0) is 9.47 Å². The van der Waals surface area contributed by atoms with Gasteiger partial charge in [-0.1, -0.05) is 27.7 Å². The number of carbonyl (C=O) groups excluding carboxylic acids is 1. The number of carbonyl (C=O) groups is 1. The van der Waals surface area contributed by atoms with E-state index >= 15 is 0 Å². The Balaban J connectivity index is 0.852. The second-order valence-electron chi connectivity index (χ2n) is 18.9. The normalized spacial score (nSPS) is 59.7. The number of ether oxygens (including phenoxy) is 2. The van der Waals surface area contributed by atoms with E-state index in [0.29, 0.717) is 40.7 Å². The molecule has 4 bridgehead atoms. The summed E-state index contributed by atoms with van der Waals surface area (Å²) in [5.41, 5.74) is 0.947. The van der Waals surface area contributed by atoms with Crippen molar-refractivity contribution in [1.82, 2.24) is 10.6 Å². The molecule has 10 fully saturated rings. The van der Waals surface area contributed by atoms with Gasteiger partial charge in [0.15, 0.2) is 5.79 Å². The molecule has 2 amide bonds. The van der Waals surface area contributed by atoms with Crippen LogP contribution in [0, 0.1) is 70.0 Å². The van der Waals surface area contributed by atoms with Crippen LogP contribution in [0.3, 0.4) is 0 Å². The van der Waals surface area contributed by atoms with Gasteiger partial charge < -0.3 is 20.1 Å². The van der Waals surface area contributed by atoms with Gasteiger partial charge in [-0.3, -0.25) is 0 Å². The third-order valence-electron chi connectivity index (χ3n) is 16.7. The van der Waals surface area contributed by atoms with E-state index < -0.39 is 0 Å². The fourth-order valence-corrected chi connectivity index (χ4v) is 15.1. The zero-order chi connectivity index (χ0) is 29.4. The van der Waals surface area contributed by atoms with Gasteiger partial charge in [0.25, 0.3) is 0 Å². The van der Waals surface area contributed by atoms with Crippen LogP contribution < -0.4 is 10.6 Å². The lowest BCUT2D eigenvalue weighted by Crippen LogP contribution is -2.62. The fraction of sp³-hybridized carbons (Fsp3) is 0.974. The van der Waals surface area contributed by atoms with Crippen molar-refractivity contribution in [2.45, 2.75) is 154 Å². The minimum Gasteiger partial charge on any atom is -0.349 e. The highest BCUT2D eigenvalue weighted by molar-refractivity contribution is 5.75. The van der Waals surface area contributed by atoms with Crippen LogP contribution in [0.25, 0.3) is 0 Å². The van der Waals surface area contributed by atoms with Crippen LogP contribution in [0.5, 0.6) is 0 Å². The maximum Gasteiger partial charge on any atom is 0.315 e. The molecule has 0 unspecified atom stereocenters. The molecule has 43 heavy (non-hydrogen) atoms. The highest BCUT2D eigenvalue weighted by Gasteiger charge is 2.69. The van der Waals surface area contributed by atoms with Crippen LogP contribution in [0.4, 0.5) is 4.79 Å². The number of fused-ring (bicyclic) bond motifs is 7. The second-order valence-corrected chi connectivity index (χ2v) is 18.9. The van der Waals surface area contributed by atoms with Gasteiger partial charge in [-0.05, 0) is 160 Å². The van der Waals surface area contributed by atoms with E-state index in [0.717, 1.165) is 60.9 Å². The maximum absolute atomic E-state index is 13.4. The summed E-state index contributed by atoms with van der Waals surface area (Å²) < 4.78 is 13.6. The van der Waals surface area contributed by atoms with Gasteiger partial charge in [-0.2, -0.15) is 0 Å². The largest absolute Gasteiger partial charge is 0.349 e. The van der Waals surface area contributed by atoms with Crippen LogP contribution in [0.15, 0.2) is 0 Å². The molecule has 2 N–H and O–H groups in total. The van der Waals surface area contributed by atoms with Crippen LogP contribution in [0.2, 0.25) is 0 Å². The van der Waals surface area contributed by atoms with E-state index in [4.69, 9.17) is 9.47 Å². The molecule has 0 aromatic carbocycles. The molecule has 240 valence electrons. The quantitative estimate of drug-likeness (QED) is 0.341. The molecule has 12 atom stereocenters. The van der Waals surface area contributed by atoms with Gasteiger partial charge in [0.2, 0.25) is 0 Å². The molecule has 8 saturated carbocycles. The molecule has 1 spiro atoms. The second kappa shape index (κ2) is 9.61. The lowest BCUT2D eigenvalue weighted by molar-refractivity contribution is -0.273. The maximum atomic E-state index is 13.4. The first-order chi connectivity index (χ1) is 20.6. The van der Waals surface area contributed by atoms with E-state index in [9.17, 15) is 4.79 Å². The summed E-state index contributed by atoms with van der Waals surface area (Å²) >= 11 is 0. The van der Waals surface area contributed by atoms with Crippen molar-refractivity contribution in [3.05, 3.63) is 0 Å². The molecule has 0 aromatic rings. The zero-order valence-corrected chi connectivity index (χ0v) is 27.7. The predicted molar refractivity (Wildman–Crippen MR) is 168 cm³/mol. The molecule has 0 radical (unpaired) electrons. The van der Waals surface area contributed by atoms with Crippen LogP contribution in [0.1, 0.15) is 130 Å². The molecule has 2 heterocycles. The smallest absolute Gasteiger partial charge is 0.315 e. The molecule has 5 nitrogen and oxygen atoms in total. The third kappa shape index (κ3) is 4.17. The van der Waals surface area contributed by atoms with Crippen molar-refractivity contribution in [1.29, 1.82) is 0 Å². The number of amides is 2. The Kier molecular flexibility index (Phi) is 6.35. The Labute approximate surface area is 261 Å². The summed E-state index contributed by atoms with van der Waals surface area (Å²) in [6.45, 7) is 11.0. The summed E-state index contributed by atoms with van der Waals surface area (Å²) in [5.74, 6) is 7.41. The highest BCUT2D eigenvalue weighted by Crippen LogP contribution is 2.71. The number of hydrogen-bond donors (Lipinski definition) is 2. The first-order valence-electron chi connectivity index (χ1n) is 19.0. The minimum atomic E-state index is -0.302. The molecule has 8 aliphatic carbocycles. The number of hydrogen-bond acceptors (Lipinski definition) is 3. The molecule has 5 heteroatoms. The Morgan fingerprint density at radius 3 is 2.19 bits per heavy atom. The highest BCUT2D eigenvalue weighted by atomic mass is 16.7. The summed E-state index contributed by atoms with van der Waals surface area (Å²) in [6, 6.07) is 0.505. The van der Waals surface area contributed by atoms with Crippen molar-refractivity contribution in [3.63, 3.8) is 0 Å². The topological polar surface area (TPSA) is 59.6 Å². The van der Waals surface area contributed by atoms with E-state index in [1.54, 1.807) is 0 Å². The molecular weight excluding hydrogens is 532 g/mol. The van der Waals surface area contributed by atoms with Gasteiger partial charge in [0.1, 0.15) is 0 Å². The Hall–Kier alpha value is -0.810. The molecule has 2 aliphatic heterocycles. The summed E-state index contributed by atoms with van der Waals surface area (Å²) in [6.07, 6.45) is 21.2. The number of urea groups is 1. The summed E-state index contributed by atoms with van der Waals surface area (Å²) in [5, 5.41) is 7.15.